The van der Waals surface area contributed by atoms with E-state index in [1.807, 2.05) is 24.3 Å². The molecular formula is C10H15Cl2NO. The molecule has 1 rings (SSSR count). The van der Waals surface area contributed by atoms with E-state index in [-0.39, 0.29) is 25.1 Å². The lowest BCUT2D eigenvalue weighted by atomic mass is 10.0. The van der Waals surface area contributed by atoms with Gasteiger partial charge in [0.15, 0.2) is 0 Å². The molecule has 14 heavy (non-hydrogen) atoms. The zero-order valence-corrected chi connectivity index (χ0v) is 9.39. The number of hydrogen-bond acceptors (Lipinski definition) is 2. The van der Waals surface area contributed by atoms with E-state index in [0.29, 0.717) is 11.4 Å². The van der Waals surface area contributed by atoms with Crippen molar-refractivity contribution >= 4 is 24.0 Å². The van der Waals surface area contributed by atoms with Crippen LogP contribution in [0.5, 0.6) is 0 Å². The lowest BCUT2D eigenvalue weighted by molar-refractivity contribution is 0.280. The molecule has 1 atom stereocenters. The summed E-state index contributed by atoms with van der Waals surface area (Å²) in [5.74, 6) is 0. The molecule has 0 aliphatic rings. The maximum absolute atomic E-state index is 8.64. The summed E-state index contributed by atoms with van der Waals surface area (Å²) in [4.78, 5) is 0. The van der Waals surface area contributed by atoms with Crippen LogP contribution in [0.3, 0.4) is 0 Å². The van der Waals surface area contributed by atoms with Gasteiger partial charge in [-0.05, 0) is 24.5 Å². The highest BCUT2D eigenvalue weighted by molar-refractivity contribution is 6.31. The lowest BCUT2D eigenvalue weighted by Gasteiger charge is -2.12. The van der Waals surface area contributed by atoms with Crippen LogP contribution in [-0.2, 0) is 0 Å². The number of aliphatic hydroxyl groups is 1. The van der Waals surface area contributed by atoms with Gasteiger partial charge in [-0.15, -0.1) is 12.4 Å². The Bertz CT molecular complexity index is 268. The Morgan fingerprint density at radius 2 is 2.00 bits per heavy atom. The van der Waals surface area contributed by atoms with Crippen molar-refractivity contribution in [2.75, 3.05) is 6.61 Å². The molecule has 1 aromatic carbocycles. The number of benzene rings is 1. The molecular weight excluding hydrogens is 221 g/mol. The fourth-order valence-electron chi connectivity index (χ4n) is 1.24. The molecule has 1 aromatic rings. The van der Waals surface area contributed by atoms with E-state index in [9.17, 15) is 0 Å². The standard InChI is InChI=1S/C10H14ClNO.ClH/c11-9-5-2-1-4-8(9)10(12)6-3-7-13;/h1-2,4-5,10,13H,3,6-7,12H2;1H/t10-;/m0./s1. The van der Waals surface area contributed by atoms with Gasteiger partial charge in [-0.1, -0.05) is 29.8 Å². The fourth-order valence-corrected chi connectivity index (χ4v) is 1.52. The van der Waals surface area contributed by atoms with Crippen molar-refractivity contribution < 1.29 is 5.11 Å². The number of aliphatic hydroxyl groups excluding tert-OH is 1. The van der Waals surface area contributed by atoms with Gasteiger partial charge in [-0.3, -0.25) is 0 Å². The topological polar surface area (TPSA) is 46.2 Å². The number of halogens is 2. The molecule has 0 spiro atoms. The minimum atomic E-state index is -0.0687. The Kier molecular flexibility index (Phi) is 6.93. The predicted molar refractivity (Wildman–Crippen MR) is 61.9 cm³/mol. The molecule has 4 heteroatoms. The second-order valence-corrected chi connectivity index (χ2v) is 3.40. The van der Waals surface area contributed by atoms with Gasteiger partial charge in [-0.2, -0.15) is 0 Å². The average Bonchev–Trinajstić information content (AvgIpc) is 2.15. The SMILES string of the molecule is Cl.N[C@@H](CCCO)c1ccccc1Cl. The third-order valence-electron chi connectivity index (χ3n) is 1.98. The van der Waals surface area contributed by atoms with Gasteiger partial charge in [-0.25, -0.2) is 0 Å². The second kappa shape index (κ2) is 7.07. The zero-order valence-electron chi connectivity index (χ0n) is 7.82. The normalized spacial score (nSPS) is 11.9. The van der Waals surface area contributed by atoms with Crippen molar-refractivity contribution in [3.63, 3.8) is 0 Å². The minimum absolute atomic E-state index is 0. The third kappa shape index (κ3) is 3.84. The van der Waals surface area contributed by atoms with Gasteiger partial charge in [0, 0.05) is 17.7 Å². The minimum Gasteiger partial charge on any atom is -0.396 e. The molecule has 80 valence electrons. The molecule has 0 bridgehead atoms. The van der Waals surface area contributed by atoms with Crippen molar-refractivity contribution in [2.45, 2.75) is 18.9 Å². The van der Waals surface area contributed by atoms with Gasteiger partial charge in [0.1, 0.15) is 0 Å². The van der Waals surface area contributed by atoms with Crippen LogP contribution in [-0.4, -0.2) is 11.7 Å². The summed E-state index contributed by atoms with van der Waals surface area (Å²) >= 11 is 5.96. The lowest BCUT2D eigenvalue weighted by Crippen LogP contribution is -2.11. The maximum atomic E-state index is 8.64. The Morgan fingerprint density at radius 1 is 1.36 bits per heavy atom. The van der Waals surface area contributed by atoms with E-state index in [0.717, 1.165) is 12.0 Å². The van der Waals surface area contributed by atoms with E-state index in [1.165, 1.54) is 0 Å². The Hall–Kier alpha value is -0.280. The summed E-state index contributed by atoms with van der Waals surface area (Å²) in [5.41, 5.74) is 6.84. The van der Waals surface area contributed by atoms with E-state index in [4.69, 9.17) is 22.4 Å². The van der Waals surface area contributed by atoms with Gasteiger partial charge < -0.3 is 10.8 Å². The molecule has 0 saturated carbocycles. The smallest absolute Gasteiger partial charge is 0.0453 e. The molecule has 0 amide bonds. The van der Waals surface area contributed by atoms with Crippen LogP contribution in [0.15, 0.2) is 24.3 Å². The molecule has 0 aliphatic heterocycles. The molecule has 2 nitrogen and oxygen atoms in total. The first-order chi connectivity index (χ1) is 6.25. The summed E-state index contributed by atoms with van der Waals surface area (Å²) in [7, 11) is 0. The van der Waals surface area contributed by atoms with Crippen molar-refractivity contribution in [1.82, 2.24) is 0 Å². The van der Waals surface area contributed by atoms with Crippen molar-refractivity contribution in [3.8, 4) is 0 Å². The molecule has 0 unspecified atom stereocenters. The number of nitrogens with two attached hydrogens (primary N) is 1. The zero-order chi connectivity index (χ0) is 9.68. The largest absolute Gasteiger partial charge is 0.396 e. The third-order valence-corrected chi connectivity index (χ3v) is 2.32. The molecule has 3 N–H and O–H groups in total. The van der Waals surface area contributed by atoms with Crippen LogP contribution in [0.2, 0.25) is 5.02 Å². The average molecular weight is 236 g/mol. The Balaban J connectivity index is 0.00000169. The summed E-state index contributed by atoms with van der Waals surface area (Å²) in [6.45, 7) is 0.179. The van der Waals surface area contributed by atoms with Gasteiger partial charge >= 0.3 is 0 Å². The Morgan fingerprint density at radius 3 is 2.57 bits per heavy atom. The number of rotatable bonds is 4. The molecule has 0 saturated heterocycles. The second-order valence-electron chi connectivity index (χ2n) is 2.99. The summed E-state index contributed by atoms with van der Waals surface area (Å²) < 4.78 is 0. The fraction of sp³-hybridized carbons (Fsp3) is 0.400. The van der Waals surface area contributed by atoms with Crippen molar-refractivity contribution in [2.24, 2.45) is 5.73 Å². The molecule has 0 fully saturated rings. The molecule has 0 heterocycles. The highest BCUT2D eigenvalue weighted by Crippen LogP contribution is 2.23. The molecule has 0 radical (unpaired) electrons. The highest BCUT2D eigenvalue weighted by atomic mass is 35.5. The monoisotopic (exact) mass is 235 g/mol. The van der Waals surface area contributed by atoms with Crippen LogP contribution < -0.4 is 5.73 Å². The molecule has 0 aliphatic carbocycles. The summed E-state index contributed by atoms with van der Waals surface area (Å²) in [6.07, 6.45) is 1.48. The van der Waals surface area contributed by atoms with E-state index in [2.05, 4.69) is 0 Å². The predicted octanol–water partition coefficient (Wildman–Crippen LogP) is 2.53. The van der Waals surface area contributed by atoms with Crippen molar-refractivity contribution in [3.05, 3.63) is 34.9 Å². The van der Waals surface area contributed by atoms with Gasteiger partial charge in [0.2, 0.25) is 0 Å². The van der Waals surface area contributed by atoms with Gasteiger partial charge in [0.05, 0.1) is 0 Å². The van der Waals surface area contributed by atoms with Crippen LogP contribution >= 0.6 is 24.0 Å². The van der Waals surface area contributed by atoms with Crippen LogP contribution in [0.25, 0.3) is 0 Å². The number of hydrogen-bond donors (Lipinski definition) is 2. The van der Waals surface area contributed by atoms with E-state index < -0.39 is 0 Å². The van der Waals surface area contributed by atoms with E-state index >= 15 is 0 Å². The summed E-state index contributed by atoms with van der Waals surface area (Å²) in [5, 5.41) is 9.34. The van der Waals surface area contributed by atoms with Crippen LogP contribution in [0, 0.1) is 0 Å². The van der Waals surface area contributed by atoms with E-state index in [1.54, 1.807) is 0 Å². The first-order valence-electron chi connectivity index (χ1n) is 4.36. The van der Waals surface area contributed by atoms with Crippen LogP contribution in [0.4, 0.5) is 0 Å². The first-order valence-corrected chi connectivity index (χ1v) is 4.74. The van der Waals surface area contributed by atoms with Crippen LogP contribution in [0.1, 0.15) is 24.4 Å². The molecule has 0 aromatic heterocycles. The quantitative estimate of drug-likeness (QED) is 0.843. The first kappa shape index (κ1) is 13.7. The summed E-state index contributed by atoms with van der Waals surface area (Å²) in [6, 6.07) is 7.48. The maximum Gasteiger partial charge on any atom is 0.0453 e. The van der Waals surface area contributed by atoms with Gasteiger partial charge in [0.25, 0.3) is 0 Å². The highest BCUT2D eigenvalue weighted by Gasteiger charge is 2.08. The Labute approximate surface area is 95.5 Å². The van der Waals surface area contributed by atoms with Crippen molar-refractivity contribution in [1.29, 1.82) is 0 Å².